The van der Waals surface area contributed by atoms with Crippen LogP contribution in [0.2, 0.25) is 0 Å². The first-order chi connectivity index (χ1) is 8.59. The number of hydrogen-bond acceptors (Lipinski definition) is 4. The molecule has 0 spiro atoms. The lowest BCUT2D eigenvalue weighted by molar-refractivity contribution is -0.146. The van der Waals surface area contributed by atoms with Gasteiger partial charge in [-0.3, -0.25) is 0 Å². The first-order valence-corrected chi connectivity index (χ1v) is 6.13. The van der Waals surface area contributed by atoms with Crippen molar-refractivity contribution in [3.8, 4) is 0 Å². The molecule has 4 N–H and O–H groups in total. The smallest absolute Gasteiger partial charge is 0.332 e. The van der Waals surface area contributed by atoms with Crippen molar-refractivity contribution in [2.75, 3.05) is 19.7 Å². The van der Waals surface area contributed by atoms with Crippen molar-refractivity contribution >= 4 is 12.0 Å². The van der Waals surface area contributed by atoms with E-state index >= 15 is 0 Å². The molecule has 1 rings (SSSR count). The van der Waals surface area contributed by atoms with Crippen LogP contribution in [0.15, 0.2) is 0 Å². The Labute approximate surface area is 106 Å². The normalized spacial score (nSPS) is 21.1. The second-order valence-corrected chi connectivity index (χ2v) is 4.27. The number of aliphatic hydroxyl groups excluding tert-OH is 1. The van der Waals surface area contributed by atoms with Gasteiger partial charge in [-0.05, 0) is 19.3 Å². The van der Waals surface area contributed by atoms with Crippen LogP contribution in [-0.4, -0.2) is 54.1 Å². The van der Waals surface area contributed by atoms with E-state index in [2.05, 4.69) is 10.6 Å². The first-order valence-electron chi connectivity index (χ1n) is 6.13. The topological polar surface area (TPSA) is 108 Å². The van der Waals surface area contributed by atoms with Gasteiger partial charge in [0.2, 0.25) is 0 Å². The summed E-state index contributed by atoms with van der Waals surface area (Å²) < 4.78 is 5.44. The standard InChI is InChI=1S/C11H20N2O5/c14-9(10(15)16)4-5-12-11(17)13-7-8-3-1-2-6-18-8/h8-9,14H,1-7H2,(H,15,16)(H2,12,13,17). The van der Waals surface area contributed by atoms with Gasteiger partial charge in [-0.2, -0.15) is 0 Å². The van der Waals surface area contributed by atoms with Crippen molar-refractivity contribution in [2.45, 2.75) is 37.9 Å². The Balaban J connectivity index is 2.04. The Bertz CT molecular complexity index is 279. The zero-order valence-corrected chi connectivity index (χ0v) is 10.2. The molecule has 7 heteroatoms. The predicted octanol–water partition coefficient (Wildman–Crippen LogP) is -0.310. The summed E-state index contributed by atoms with van der Waals surface area (Å²) in [6.07, 6.45) is 1.73. The van der Waals surface area contributed by atoms with Crippen LogP contribution in [0.4, 0.5) is 4.79 Å². The first kappa shape index (κ1) is 14.7. The van der Waals surface area contributed by atoms with Crippen molar-refractivity contribution < 1.29 is 24.5 Å². The summed E-state index contributed by atoms with van der Waals surface area (Å²) in [6.45, 7) is 1.30. The number of ether oxygens (including phenoxy) is 1. The van der Waals surface area contributed by atoms with Gasteiger partial charge < -0.3 is 25.6 Å². The third-order valence-electron chi connectivity index (χ3n) is 2.75. The minimum absolute atomic E-state index is 0.0112. The molecule has 1 heterocycles. The van der Waals surface area contributed by atoms with Gasteiger partial charge in [0.1, 0.15) is 0 Å². The maximum Gasteiger partial charge on any atom is 0.332 e. The van der Waals surface area contributed by atoms with E-state index < -0.39 is 12.1 Å². The Hall–Kier alpha value is -1.34. The van der Waals surface area contributed by atoms with E-state index in [1.165, 1.54) is 0 Å². The van der Waals surface area contributed by atoms with E-state index in [-0.39, 0.29) is 25.1 Å². The molecule has 0 radical (unpaired) electrons. The second-order valence-electron chi connectivity index (χ2n) is 4.27. The van der Waals surface area contributed by atoms with Gasteiger partial charge in [0.15, 0.2) is 6.10 Å². The van der Waals surface area contributed by atoms with Gasteiger partial charge in [0, 0.05) is 26.1 Å². The third kappa shape index (κ3) is 5.83. The van der Waals surface area contributed by atoms with E-state index in [0.717, 1.165) is 25.9 Å². The molecule has 0 aromatic heterocycles. The number of carbonyl (C=O) groups excluding carboxylic acids is 1. The summed E-state index contributed by atoms with van der Waals surface area (Å²) in [4.78, 5) is 21.6. The number of aliphatic hydroxyl groups is 1. The van der Waals surface area contributed by atoms with E-state index in [4.69, 9.17) is 14.9 Å². The predicted molar refractivity (Wildman–Crippen MR) is 63.3 cm³/mol. The molecule has 1 fully saturated rings. The lowest BCUT2D eigenvalue weighted by Gasteiger charge is -2.22. The number of aliphatic carboxylic acids is 1. The zero-order valence-electron chi connectivity index (χ0n) is 10.2. The summed E-state index contributed by atoms with van der Waals surface area (Å²) in [5.41, 5.74) is 0. The monoisotopic (exact) mass is 260 g/mol. The second kappa shape index (κ2) is 7.88. The van der Waals surface area contributed by atoms with Crippen LogP contribution in [-0.2, 0) is 9.53 Å². The fourth-order valence-electron chi connectivity index (χ4n) is 1.68. The number of hydrogen-bond donors (Lipinski definition) is 4. The van der Waals surface area contributed by atoms with Crippen molar-refractivity contribution in [3.05, 3.63) is 0 Å². The molecule has 2 amide bonds. The van der Waals surface area contributed by atoms with Gasteiger partial charge in [0.05, 0.1) is 6.10 Å². The Kier molecular flexibility index (Phi) is 6.45. The number of carboxylic acid groups (broad SMARTS) is 1. The van der Waals surface area contributed by atoms with E-state index in [1.54, 1.807) is 0 Å². The largest absolute Gasteiger partial charge is 0.479 e. The number of carbonyl (C=O) groups is 2. The average Bonchev–Trinajstić information content (AvgIpc) is 2.37. The van der Waals surface area contributed by atoms with Crippen LogP contribution in [0, 0.1) is 0 Å². The molecule has 0 saturated carbocycles. The highest BCUT2D eigenvalue weighted by molar-refractivity contribution is 5.74. The Morgan fingerprint density at radius 3 is 2.72 bits per heavy atom. The van der Waals surface area contributed by atoms with Gasteiger partial charge in [-0.15, -0.1) is 0 Å². The Morgan fingerprint density at radius 2 is 2.11 bits per heavy atom. The lowest BCUT2D eigenvalue weighted by Crippen LogP contribution is -2.42. The highest BCUT2D eigenvalue weighted by Crippen LogP contribution is 2.11. The van der Waals surface area contributed by atoms with E-state index in [9.17, 15) is 9.59 Å². The average molecular weight is 260 g/mol. The fourth-order valence-corrected chi connectivity index (χ4v) is 1.68. The number of rotatable bonds is 6. The highest BCUT2D eigenvalue weighted by Gasteiger charge is 2.15. The SMILES string of the molecule is O=C(NCCC(O)C(=O)O)NCC1CCCCO1. The molecule has 0 aromatic rings. The van der Waals surface area contributed by atoms with Crippen LogP contribution in [0.3, 0.4) is 0 Å². The molecule has 18 heavy (non-hydrogen) atoms. The van der Waals surface area contributed by atoms with Crippen LogP contribution in [0.1, 0.15) is 25.7 Å². The molecule has 0 aliphatic carbocycles. The lowest BCUT2D eigenvalue weighted by atomic mass is 10.1. The maximum atomic E-state index is 11.3. The zero-order chi connectivity index (χ0) is 13.4. The van der Waals surface area contributed by atoms with Gasteiger partial charge in [-0.1, -0.05) is 0 Å². The molecule has 1 saturated heterocycles. The van der Waals surface area contributed by atoms with Crippen LogP contribution >= 0.6 is 0 Å². The highest BCUT2D eigenvalue weighted by atomic mass is 16.5. The van der Waals surface area contributed by atoms with Crippen molar-refractivity contribution in [2.24, 2.45) is 0 Å². The van der Waals surface area contributed by atoms with Crippen LogP contribution in [0.25, 0.3) is 0 Å². The molecule has 2 unspecified atom stereocenters. The molecule has 7 nitrogen and oxygen atoms in total. The summed E-state index contributed by atoms with van der Waals surface area (Å²) in [5.74, 6) is -1.28. The van der Waals surface area contributed by atoms with Crippen molar-refractivity contribution in [1.29, 1.82) is 0 Å². The third-order valence-corrected chi connectivity index (χ3v) is 2.75. The minimum Gasteiger partial charge on any atom is -0.479 e. The molecule has 2 atom stereocenters. The van der Waals surface area contributed by atoms with E-state index in [0.29, 0.717) is 6.54 Å². The number of urea groups is 1. The molecule has 0 aromatic carbocycles. The molecular weight excluding hydrogens is 240 g/mol. The summed E-state index contributed by atoms with van der Waals surface area (Å²) >= 11 is 0. The quantitative estimate of drug-likeness (QED) is 0.524. The minimum atomic E-state index is -1.44. The van der Waals surface area contributed by atoms with Gasteiger partial charge >= 0.3 is 12.0 Å². The van der Waals surface area contributed by atoms with Gasteiger partial charge in [0.25, 0.3) is 0 Å². The van der Waals surface area contributed by atoms with Crippen molar-refractivity contribution in [3.63, 3.8) is 0 Å². The molecule has 1 aliphatic heterocycles. The maximum absolute atomic E-state index is 11.3. The molecular formula is C11H20N2O5. The summed E-state index contributed by atoms with van der Waals surface area (Å²) in [7, 11) is 0. The number of nitrogens with one attached hydrogen (secondary N) is 2. The fraction of sp³-hybridized carbons (Fsp3) is 0.818. The van der Waals surface area contributed by atoms with Gasteiger partial charge in [-0.25, -0.2) is 9.59 Å². The summed E-state index contributed by atoms with van der Waals surface area (Å²) in [6, 6.07) is -0.373. The molecule has 1 aliphatic rings. The summed E-state index contributed by atoms with van der Waals surface area (Å²) in [5, 5.41) is 22.5. The van der Waals surface area contributed by atoms with Crippen LogP contribution < -0.4 is 10.6 Å². The molecule has 104 valence electrons. The van der Waals surface area contributed by atoms with E-state index in [1.807, 2.05) is 0 Å². The molecule has 0 bridgehead atoms. The van der Waals surface area contributed by atoms with Crippen molar-refractivity contribution in [1.82, 2.24) is 10.6 Å². The number of carboxylic acids is 1. The number of amides is 2. The van der Waals surface area contributed by atoms with Crippen LogP contribution in [0.5, 0.6) is 0 Å². The Morgan fingerprint density at radius 1 is 1.33 bits per heavy atom.